The standard InChI is InChI=1S/C13H8ClF3N2O2/c14-10-6-7(3-4-8(10)12(20)21)19-11-9(13(15,16)17)2-1-5-18-11/h1-6H,(H,18,19)(H,20,21). The maximum atomic E-state index is 12.8. The average Bonchev–Trinajstić information content (AvgIpc) is 2.37. The minimum Gasteiger partial charge on any atom is -0.478 e. The summed E-state index contributed by atoms with van der Waals surface area (Å²) in [6.07, 6.45) is -3.34. The summed E-state index contributed by atoms with van der Waals surface area (Å²) in [4.78, 5) is 14.4. The first kappa shape index (κ1) is 15.1. The van der Waals surface area contributed by atoms with Crippen molar-refractivity contribution in [1.82, 2.24) is 4.98 Å². The normalized spacial score (nSPS) is 11.2. The Morgan fingerprint density at radius 1 is 1.29 bits per heavy atom. The van der Waals surface area contributed by atoms with Crippen LogP contribution in [0.2, 0.25) is 5.02 Å². The molecule has 0 atom stereocenters. The summed E-state index contributed by atoms with van der Waals surface area (Å²) in [5, 5.41) is 11.2. The van der Waals surface area contributed by atoms with Gasteiger partial charge in [0.15, 0.2) is 0 Å². The van der Waals surface area contributed by atoms with Gasteiger partial charge in [-0.05, 0) is 30.3 Å². The van der Waals surface area contributed by atoms with Crippen LogP contribution in [0.25, 0.3) is 0 Å². The molecule has 2 aromatic rings. The van der Waals surface area contributed by atoms with Gasteiger partial charge >= 0.3 is 12.1 Å². The number of aromatic carboxylic acids is 1. The van der Waals surface area contributed by atoms with Crippen LogP contribution in [-0.2, 0) is 6.18 Å². The summed E-state index contributed by atoms with van der Waals surface area (Å²) < 4.78 is 38.4. The fourth-order valence-electron chi connectivity index (χ4n) is 1.64. The molecule has 2 rings (SSSR count). The Morgan fingerprint density at radius 3 is 2.57 bits per heavy atom. The fourth-order valence-corrected chi connectivity index (χ4v) is 1.90. The van der Waals surface area contributed by atoms with Gasteiger partial charge in [0.05, 0.1) is 16.1 Å². The smallest absolute Gasteiger partial charge is 0.419 e. The molecule has 1 aromatic carbocycles. The first-order valence-electron chi connectivity index (χ1n) is 5.61. The Hall–Kier alpha value is -2.28. The topological polar surface area (TPSA) is 62.2 Å². The van der Waals surface area contributed by atoms with E-state index in [1.807, 2.05) is 0 Å². The van der Waals surface area contributed by atoms with Gasteiger partial charge in [-0.25, -0.2) is 9.78 Å². The average molecular weight is 317 g/mol. The number of halogens is 4. The van der Waals surface area contributed by atoms with Crippen molar-refractivity contribution in [3.63, 3.8) is 0 Å². The van der Waals surface area contributed by atoms with Crippen molar-refractivity contribution in [3.8, 4) is 0 Å². The van der Waals surface area contributed by atoms with Crippen LogP contribution in [0.15, 0.2) is 36.5 Å². The lowest BCUT2D eigenvalue weighted by atomic mass is 10.2. The van der Waals surface area contributed by atoms with Crippen molar-refractivity contribution in [2.24, 2.45) is 0 Å². The van der Waals surface area contributed by atoms with Gasteiger partial charge in [-0.3, -0.25) is 0 Å². The van der Waals surface area contributed by atoms with Crippen molar-refractivity contribution in [2.75, 3.05) is 5.32 Å². The molecule has 0 aliphatic rings. The van der Waals surface area contributed by atoms with Gasteiger partial charge in [-0.1, -0.05) is 11.6 Å². The van der Waals surface area contributed by atoms with Crippen LogP contribution < -0.4 is 5.32 Å². The molecule has 0 aliphatic heterocycles. The monoisotopic (exact) mass is 316 g/mol. The van der Waals surface area contributed by atoms with Crippen molar-refractivity contribution in [2.45, 2.75) is 6.18 Å². The molecule has 0 fully saturated rings. The summed E-state index contributed by atoms with van der Waals surface area (Å²) >= 11 is 5.76. The Kier molecular flexibility index (Phi) is 4.04. The number of rotatable bonds is 3. The van der Waals surface area contributed by atoms with Crippen molar-refractivity contribution < 1.29 is 23.1 Å². The highest BCUT2D eigenvalue weighted by molar-refractivity contribution is 6.33. The first-order chi connectivity index (χ1) is 9.79. The molecule has 1 heterocycles. The Labute approximate surface area is 122 Å². The van der Waals surface area contributed by atoms with E-state index in [1.165, 1.54) is 30.5 Å². The Morgan fingerprint density at radius 2 is 2.00 bits per heavy atom. The number of nitrogens with one attached hydrogen (secondary N) is 1. The molecule has 0 amide bonds. The molecule has 1 aromatic heterocycles. The predicted octanol–water partition coefficient (Wildman–Crippen LogP) is 4.20. The van der Waals surface area contributed by atoms with Crippen LogP contribution >= 0.6 is 11.6 Å². The summed E-state index contributed by atoms with van der Waals surface area (Å²) in [5.41, 5.74) is -0.864. The van der Waals surface area contributed by atoms with Crippen LogP contribution in [0.4, 0.5) is 24.7 Å². The lowest BCUT2D eigenvalue weighted by Crippen LogP contribution is -2.10. The summed E-state index contributed by atoms with van der Waals surface area (Å²) in [6.45, 7) is 0. The molecule has 110 valence electrons. The lowest BCUT2D eigenvalue weighted by molar-refractivity contribution is -0.137. The molecule has 2 N–H and O–H groups in total. The number of carboxylic acid groups (broad SMARTS) is 1. The van der Waals surface area contributed by atoms with Crippen LogP contribution in [0, 0.1) is 0 Å². The van der Waals surface area contributed by atoms with Crippen LogP contribution in [0.3, 0.4) is 0 Å². The second-order valence-corrected chi connectivity index (χ2v) is 4.43. The number of pyridine rings is 1. The third-order valence-corrected chi connectivity index (χ3v) is 2.89. The molecule has 0 saturated carbocycles. The molecule has 0 unspecified atom stereocenters. The van der Waals surface area contributed by atoms with Gasteiger partial charge in [0.25, 0.3) is 0 Å². The number of hydrogen-bond acceptors (Lipinski definition) is 3. The minimum atomic E-state index is -4.55. The molecular weight excluding hydrogens is 309 g/mol. The van der Waals surface area contributed by atoms with Gasteiger partial charge in [0.1, 0.15) is 5.82 Å². The van der Waals surface area contributed by atoms with Gasteiger partial charge < -0.3 is 10.4 Å². The third kappa shape index (κ3) is 3.43. The van der Waals surface area contributed by atoms with Crippen molar-refractivity contribution >= 4 is 29.1 Å². The summed E-state index contributed by atoms with van der Waals surface area (Å²) in [5.74, 6) is -1.61. The van der Waals surface area contributed by atoms with E-state index >= 15 is 0 Å². The largest absolute Gasteiger partial charge is 0.478 e. The quantitative estimate of drug-likeness (QED) is 0.891. The number of alkyl halides is 3. The molecule has 0 aliphatic carbocycles. The highest BCUT2D eigenvalue weighted by atomic mass is 35.5. The number of anilines is 2. The second-order valence-electron chi connectivity index (χ2n) is 4.02. The van der Waals surface area contributed by atoms with E-state index < -0.39 is 17.7 Å². The second kappa shape index (κ2) is 5.61. The highest BCUT2D eigenvalue weighted by Crippen LogP contribution is 2.35. The number of nitrogens with zero attached hydrogens (tertiary/aromatic N) is 1. The Balaban J connectivity index is 2.35. The highest BCUT2D eigenvalue weighted by Gasteiger charge is 2.34. The van der Waals surface area contributed by atoms with E-state index in [2.05, 4.69) is 10.3 Å². The SMILES string of the molecule is O=C(O)c1ccc(Nc2ncccc2C(F)(F)F)cc1Cl. The van der Waals surface area contributed by atoms with E-state index in [-0.39, 0.29) is 22.1 Å². The van der Waals surface area contributed by atoms with Gasteiger partial charge in [0, 0.05) is 11.9 Å². The van der Waals surface area contributed by atoms with E-state index in [0.717, 1.165) is 6.07 Å². The third-order valence-electron chi connectivity index (χ3n) is 2.58. The fraction of sp³-hybridized carbons (Fsp3) is 0.0769. The maximum absolute atomic E-state index is 12.8. The molecule has 0 saturated heterocycles. The van der Waals surface area contributed by atoms with Crippen molar-refractivity contribution in [1.29, 1.82) is 0 Å². The van der Waals surface area contributed by atoms with E-state index in [9.17, 15) is 18.0 Å². The van der Waals surface area contributed by atoms with Gasteiger partial charge in [-0.2, -0.15) is 13.2 Å². The first-order valence-corrected chi connectivity index (χ1v) is 5.99. The van der Waals surface area contributed by atoms with Crippen LogP contribution in [0.1, 0.15) is 15.9 Å². The molecule has 0 radical (unpaired) electrons. The zero-order valence-corrected chi connectivity index (χ0v) is 11.0. The van der Waals surface area contributed by atoms with Crippen molar-refractivity contribution in [3.05, 3.63) is 52.7 Å². The number of carbonyl (C=O) groups is 1. The molecule has 0 spiro atoms. The Bertz CT molecular complexity index is 689. The van der Waals surface area contributed by atoms with E-state index in [0.29, 0.717) is 0 Å². The molecule has 0 bridgehead atoms. The zero-order chi connectivity index (χ0) is 15.6. The zero-order valence-electron chi connectivity index (χ0n) is 10.3. The number of carboxylic acids is 1. The lowest BCUT2D eigenvalue weighted by Gasteiger charge is -2.13. The minimum absolute atomic E-state index is 0.0861. The predicted molar refractivity (Wildman–Crippen MR) is 70.9 cm³/mol. The van der Waals surface area contributed by atoms with Gasteiger partial charge in [-0.15, -0.1) is 0 Å². The number of hydrogen-bond donors (Lipinski definition) is 2. The van der Waals surface area contributed by atoms with E-state index in [4.69, 9.17) is 16.7 Å². The van der Waals surface area contributed by atoms with Gasteiger partial charge in [0.2, 0.25) is 0 Å². The summed E-state index contributed by atoms with van der Waals surface area (Å²) in [7, 11) is 0. The molecular formula is C13H8ClF3N2O2. The van der Waals surface area contributed by atoms with Crippen LogP contribution in [-0.4, -0.2) is 16.1 Å². The van der Waals surface area contributed by atoms with Crippen LogP contribution in [0.5, 0.6) is 0 Å². The molecule has 4 nitrogen and oxygen atoms in total. The number of aromatic nitrogens is 1. The molecule has 21 heavy (non-hydrogen) atoms. The molecule has 8 heteroatoms. The maximum Gasteiger partial charge on any atom is 0.419 e. The summed E-state index contributed by atoms with van der Waals surface area (Å²) in [6, 6.07) is 5.80. The van der Waals surface area contributed by atoms with E-state index in [1.54, 1.807) is 0 Å². The number of benzene rings is 1.